The Bertz CT molecular complexity index is 594. The molecular formula is C13H15N3O2S. The number of hydrogen-bond acceptors (Lipinski definition) is 6. The molecule has 2 aliphatic heterocycles. The fourth-order valence-corrected chi connectivity index (χ4v) is 3.66. The molecule has 0 atom stereocenters. The first-order valence-corrected chi connectivity index (χ1v) is 7.45. The van der Waals surface area contributed by atoms with Gasteiger partial charge in [0, 0.05) is 13.0 Å². The lowest BCUT2D eigenvalue weighted by molar-refractivity contribution is -0.161. The molecule has 0 bridgehead atoms. The van der Waals surface area contributed by atoms with Gasteiger partial charge in [0.05, 0.1) is 25.1 Å². The van der Waals surface area contributed by atoms with Gasteiger partial charge in [-0.05, 0) is 17.9 Å². The second kappa shape index (κ2) is 4.40. The Morgan fingerprint density at radius 2 is 2.16 bits per heavy atom. The van der Waals surface area contributed by atoms with Crippen LogP contribution in [0.25, 0.3) is 10.2 Å². The molecule has 2 fully saturated rings. The van der Waals surface area contributed by atoms with Crippen molar-refractivity contribution in [2.45, 2.75) is 18.6 Å². The maximum atomic E-state index is 5.82. The van der Waals surface area contributed by atoms with Gasteiger partial charge < -0.3 is 14.4 Å². The Hall–Kier alpha value is -1.24. The second-order valence-electron chi connectivity index (χ2n) is 4.97. The van der Waals surface area contributed by atoms with Crippen molar-refractivity contribution in [2.24, 2.45) is 0 Å². The van der Waals surface area contributed by atoms with Crippen LogP contribution in [-0.2, 0) is 9.47 Å². The van der Waals surface area contributed by atoms with Gasteiger partial charge >= 0.3 is 0 Å². The molecule has 2 saturated heterocycles. The van der Waals surface area contributed by atoms with E-state index in [2.05, 4.69) is 26.3 Å². The van der Waals surface area contributed by atoms with Crippen LogP contribution >= 0.6 is 11.3 Å². The molecule has 0 amide bonds. The van der Waals surface area contributed by atoms with E-state index in [1.54, 1.807) is 17.7 Å². The highest BCUT2D eigenvalue weighted by molar-refractivity contribution is 7.16. The molecule has 5 nitrogen and oxygen atoms in total. The van der Waals surface area contributed by atoms with Crippen LogP contribution in [0.5, 0.6) is 0 Å². The van der Waals surface area contributed by atoms with E-state index in [1.165, 1.54) is 0 Å². The third-order valence-electron chi connectivity index (χ3n) is 3.77. The summed E-state index contributed by atoms with van der Waals surface area (Å²) in [6.07, 6.45) is 3.68. The molecule has 0 saturated carbocycles. The molecule has 0 aliphatic carbocycles. The van der Waals surface area contributed by atoms with Gasteiger partial charge in [-0.3, -0.25) is 0 Å². The summed E-state index contributed by atoms with van der Waals surface area (Å²) in [5.74, 6) is 0.593. The first kappa shape index (κ1) is 11.6. The minimum Gasteiger partial charge on any atom is -0.351 e. The van der Waals surface area contributed by atoms with E-state index in [9.17, 15) is 0 Å². The molecular weight excluding hydrogens is 262 g/mol. The van der Waals surface area contributed by atoms with Gasteiger partial charge in [0.1, 0.15) is 17.0 Å². The van der Waals surface area contributed by atoms with Gasteiger partial charge in [-0.15, -0.1) is 11.3 Å². The number of ether oxygens (including phenoxy) is 2. The first-order valence-electron chi connectivity index (χ1n) is 6.57. The van der Waals surface area contributed by atoms with Gasteiger partial charge in [-0.2, -0.15) is 0 Å². The maximum Gasteiger partial charge on any atom is 0.186 e. The van der Waals surface area contributed by atoms with Crippen LogP contribution in [0.1, 0.15) is 12.8 Å². The highest BCUT2D eigenvalue weighted by Gasteiger charge is 2.41. The summed E-state index contributed by atoms with van der Waals surface area (Å²) >= 11 is 1.65. The van der Waals surface area contributed by atoms with Crippen molar-refractivity contribution in [1.29, 1.82) is 0 Å². The number of hydrogen-bond donors (Lipinski definition) is 0. The largest absolute Gasteiger partial charge is 0.351 e. The van der Waals surface area contributed by atoms with E-state index < -0.39 is 5.79 Å². The molecule has 4 rings (SSSR count). The van der Waals surface area contributed by atoms with Crippen LogP contribution in [0, 0.1) is 0 Å². The molecule has 0 aromatic carbocycles. The molecule has 0 radical (unpaired) electrons. The Labute approximate surface area is 115 Å². The molecule has 0 unspecified atom stereocenters. The van der Waals surface area contributed by atoms with Crippen LogP contribution in [0.4, 0.5) is 5.82 Å². The van der Waals surface area contributed by atoms with Gasteiger partial charge in [-0.1, -0.05) is 0 Å². The predicted octanol–water partition coefficient (Wildman–Crippen LogP) is 2.03. The number of piperidine rings is 1. The van der Waals surface area contributed by atoms with Crippen LogP contribution in [0.3, 0.4) is 0 Å². The monoisotopic (exact) mass is 277 g/mol. The van der Waals surface area contributed by atoms with Crippen molar-refractivity contribution >= 4 is 27.4 Å². The van der Waals surface area contributed by atoms with Crippen LogP contribution in [0.15, 0.2) is 17.8 Å². The highest BCUT2D eigenvalue weighted by atomic mass is 32.1. The molecule has 2 aromatic heterocycles. The van der Waals surface area contributed by atoms with Gasteiger partial charge in [-0.25, -0.2) is 9.97 Å². The van der Waals surface area contributed by atoms with Crippen molar-refractivity contribution in [2.75, 3.05) is 31.2 Å². The van der Waals surface area contributed by atoms with E-state index in [-0.39, 0.29) is 0 Å². The van der Waals surface area contributed by atoms with E-state index in [4.69, 9.17) is 9.47 Å². The smallest absolute Gasteiger partial charge is 0.186 e. The summed E-state index contributed by atoms with van der Waals surface area (Å²) in [4.78, 5) is 12.1. The predicted molar refractivity (Wildman–Crippen MR) is 73.5 cm³/mol. The summed E-state index contributed by atoms with van der Waals surface area (Å²) in [6.45, 7) is 3.16. The van der Waals surface area contributed by atoms with Crippen LogP contribution in [-0.4, -0.2) is 42.1 Å². The molecule has 1 spiro atoms. The fraction of sp³-hybridized carbons (Fsp3) is 0.538. The van der Waals surface area contributed by atoms with Crippen LogP contribution in [0.2, 0.25) is 0 Å². The van der Waals surface area contributed by atoms with Crippen molar-refractivity contribution in [3.8, 4) is 0 Å². The van der Waals surface area contributed by atoms with E-state index in [0.29, 0.717) is 13.2 Å². The number of fused-ring (bicyclic) bond motifs is 1. The topological polar surface area (TPSA) is 47.5 Å². The van der Waals surface area contributed by atoms with Crippen LogP contribution < -0.4 is 4.90 Å². The lowest BCUT2D eigenvalue weighted by atomic mass is 10.0. The average Bonchev–Trinajstić information content (AvgIpc) is 3.07. The van der Waals surface area contributed by atoms with E-state index in [1.807, 2.05) is 0 Å². The number of anilines is 1. The first-order chi connectivity index (χ1) is 9.36. The SMILES string of the molecule is c1nc(N2CCCC3(C2)OCCO3)c2ccsc2n1. The summed E-state index contributed by atoms with van der Waals surface area (Å²) in [6, 6.07) is 2.09. The van der Waals surface area contributed by atoms with Crippen molar-refractivity contribution in [3.63, 3.8) is 0 Å². The summed E-state index contributed by atoms with van der Waals surface area (Å²) in [5, 5.41) is 3.19. The third-order valence-corrected chi connectivity index (χ3v) is 4.59. The summed E-state index contributed by atoms with van der Waals surface area (Å²) in [7, 11) is 0. The number of aromatic nitrogens is 2. The van der Waals surface area contributed by atoms with Crippen molar-refractivity contribution in [1.82, 2.24) is 9.97 Å². The normalized spacial score (nSPS) is 22.4. The Balaban J connectivity index is 1.70. The zero-order valence-electron chi connectivity index (χ0n) is 10.5. The Morgan fingerprint density at radius 3 is 3.05 bits per heavy atom. The average molecular weight is 277 g/mol. The van der Waals surface area contributed by atoms with E-state index in [0.717, 1.165) is 42.0 Å². The quantitative estimate of drug-likeness (QED) is 0.798. The number of thiophene rings is 1. The zero-order chi connectivity index (χ0) is 12.7. The molecule has 2 aliphatic rings. The van der Waals surface area contributed by atoms with Crippen molar-refractivity contribution in [3.05, 3.63) is 17.8 Å². The van der Waals surface area contributed by atoms with Crippen molar-refractivity contribution < 1.29 is 9.47 Å². The highest BCUT2D eigenvalue weighted by Crippen LogP contribution is 2.34. The number of rotatable bonds is 1. The number of nitrogens with zero attached hydrogens (tertiary/aromatic N) is 3. The minimum absolute atomic E-state index is 0.411. The fourth-order valence-electron chi connectivity index (χ4n) is 2.93. The lowest BCUT2D eigenvalue weighted by Gasteiger charge is -2.39. The molecule has 100 valence electrons. The maximum absolute atomic E-state index is 5.82. The molecule has 6 heteroatoms. The third kappa shape index (κ3) is 1.91. The summed E-state index contributed by atoms with van der Waals surface area (Å²) in [5.41, 5.74) is 0. The minimum atomic E-state index is -0.411. The molecule has 0 N–H and O–H groups in total. The summed E-state index contributed by atoms with van der Waals surface area (Å²) < 4.78 is 11.6. The van der Waals surface area contributed by atoms with Gasteiger partial charge in [0.15, 0.2) is 5.79 Å². The Morgan fingerprint density at radius 1 is 1.26 bits per heavy atom. The van der Waals surface area contributed by atoms with Gasteiger partial charge in [0.2, 0.25) is 0 Å². The standard InChI is InChI=1S/C13H15N3O2S/c1-3-13(17-5-6-18-13)8-16(4-1)11-10-2-7-19-12(10)15-9-14-11/h2,7,9H,1,3-6,8H2. The van der Waals surface area contributed by atoms with E-state index >= 15 is 0 Å². The van der Waals surface area contributed by atoms with Gasteiger partial charge in [0.25, 0.3) is 0 Å². The zero-order valence-corrected chi connectivity index (χ0v) is 11.4. The molecule has 4 heterocycles. The Kier molecular flexibility index (Phi) is 2.68. The molecule has 2 aromatic rings. The lowest BCUT2D eigenvalue weighted by Crippen LogP contribution is -2.49. The molecule has 19 heavy (non-hydrogen) atoms. The second-order valence-corrected chi connectivity index (χ2v) is 5.86.